The SMILES string of the molecule is CN(C)C(=O)[C@H](CC1CC1)NC(=O)c1cnc(N2CC(F)(F)C2)c(OCC2CC2)n1. The maximum atomic E-state index is 13.3. The third kappa shape index (κ3) is 4.96. The summed E-state index contributed by atoms with van der Waals surface area (Å²) in [6.45, 7) is -0.484. The Morgan fingerprint density at radius 3 is 2.50 bits per heavy atom. The molecule has 2 aliphatic carbocycles. The van der Waals surface area contributed by atoms with Crippen LogP contribution in [0.3, 0.4) is 0 Å². The van der Waals surface area contributed by atoms with E-state index in [0.717, 1.165) is 25.7 Å². The summed E-state index contributed by atoms with van der Waals surface area (Å²) in [5.41, 5.74) is 0.00387. The number of carbonyl (C=O) groups excluding carboxylic acids is 2. The molecule has 2 heterocycles. The van der Waals surface area contributed by atoms with E-state index in [1.54, 1.807) is 14.1 Å². The van der Waals surface area contributed by atoms with Crippen molar-refractivity contribution < 1.29 is 23.1 Å². The number of anilines is 1. The van der Waals surface area contributed by atoms with E-state index in [-0.39, 0.29) is 23.3 Å². The van der Waals surface area contributed by atoms with Crippen LogP contribution in [0.15, 0.2) is 6.20 Å². The Bertz CT molecular complexity index is 819. The molecule has 0 bridgehead atoms. The van der Waals surface area contributed by atoms with Gasteiger partial charge in [-0.3, -0.25) is 9.59 Å². The van der Waals surface area contributed by atoms with Gasteiger partial charge in [0.05, 0.1) is 25.9 Å². The van der Waals surface area contributed by atoms with Crippen LogP contribution in [-0.2, 0) is 4.79 Å². The summed E-state index contributed by atoms with van der Waals surface area (Å²) in [6.07, 6.45) is 6.06. The topological polar surface area (TPSA) is 87.7 Å². The minimum atomic E-state index is -2.76. The number of ether oxygens (including phenoxy) is 1. The summed E-state index contributed by atoms with van der Waals surface area (Å²) in [7, 11) is 3.30. The van der Waals surface area contributed by atoms with Crippen LogP contribution in [-0.4, -0.2) is 72.4 Å². The fourth-order valence-electron chi connectivity index (χ4n) is 3.38. The first kappa shape index (κ1) is 20.7. The molecule has 2 saturated carbocycles. The summed E-state index contributed by atoms with van der Waals surface area (Å²) < 4.78 is 32.3. The number of nitrogens with one attached hydrogen (secondary N) is 1. The van der Waals surface area contributed by atoms with Crippen molar-refractivity contribution in [2.75, 3.05) is 38.7 Å². The van der Waals surface area contributed by atoms with E-state index < -0.39 is 31.0 Å². The number of alkyl halides is 2. The zero-order chi connectivity index (χ0) is 21.5. The first-order valence-corrected chi connectivity index (χ1v) is 10.4. The summed E-state index contributed by atoms with van der Waals surface area (Å²) in [5, 5.41) is 2.76. The minimum absolute atomic E-state index is 0.00387. The number of hydrogen-bond acceptors (Lipinski definition) is 6. The average molecular weight is 423 g/mol. The van der Waals surface area contributed by atoms with E-state index in [1.807, 2.05) is 0 Å². The Kier molecular flexibility index (Phi) is 5.50. The number of amides is 2. The van der Waals surface area contributed by atoms with Crippen molar-refractivity contribution in [2.45, 2.75) is 44.1 Å². The average Bonchev–Trinajstić information content (AvgIpc) is 3.58. The second-order valence-electron chi connectivity index (χ2n) is 8.79. The van der Waals surface area contributed by atoms with Crippen molar-refractivity contribution in [2.24, 2.45) is 11.8 Å². The molecule has 2 amide bonds. The van der Waals surface area contributed by atoms with Gasteiger partial charge in [0.15, 0.2) is 11.5 Å². The van der Waals surface area contributed by atoms with Crippen molar-refractivity contribution in [3.8, 4) is 5.88 Å². The lowest BCUT2D eigenvalue weighted by molar-refractivity contribution is -0.131. The Labute approximate surface area is 174 Å². The van der Waals surface area contributed by atoms with Gasteiger partial charge in [0.2, 0.25) is 5.91 Å². The second kappa shape index (κ2) is 7.96. The lowest BCUT2D eigenvalue weighted by Crippen LogP contribution is -2.56. The van der Waals surface area contributed by atoms with E-state index >= 15 is 0 Å². The molecule has 0 radical (unpaired) electrons. The molecule has 1 aromatic heterocycles. The Morgan fingerprint density at radius 2 is 1.93 bits per heavy atom. The van der Waals surface area contributed by atoms with Gasteiger partial charge in [-0.25, -0.2) is 18.7 Å². The lowest BCUT2D eigenvalue weighted by Gasteiger charge is -2.39. The first-order valence-electron chi connectivity index (χ1n) is 10.4. The van der Waals surface area contributed by atoms with Gasteiger partial charge < -0.3 is 19.9 Å². The third-order valence-corrected chi connectivity index (χ3v) is 5.56. The fraction of sp³-hybridized carbons (Fsp3) is 0.700. The summed E-state index contributed by atoms with van der Waals surface area (Å²) in [6, 6.07) is -0.633. The normalized spacial score (nSPS) is 20.9. The van der Waals surface area contributed by atoms with Crippen LogP contribution in [0.1, 0.15) is 42.6 Å². The molecule has 164 valence electrons. The van der Waals surface area contributed by atoms with Crippen LogP contribution < -0.4 is 15.0 Å². The highest BCUT2D eigenvalue weighted by Gasteiger charge is 2.46. The van der Waals surface area contributed by atoms with Crippen molar-refractivity contribution >= 4 is 17.6 Å². The number of nitrogens with zero attached hydrogens (tertiary/aromatic N) is 4. The molecule has 10 heteroatoms. The molecular formula is C20H27F2N5O3. The molecule has 1 saturated heterocycles. The number of halogens is 2. The van der Waals surface area contributed by atoms with E-state index in [0.29, 0.717) is 24.9 Å². The summed E-state index contributed by atoms with van der Waals surface area (Å²) in [4.78, 5) is 36.5. The Hall–Kier alpha value is -2.52. The van der Waals surface area contributed by atoms with Crippen LogP contribution in [0.5, 0.6) is 5.88 Å². The van der Waals surface area contributed by atoms with E-state index in [1.165, 1.54) is 16.0 Å². The number of aromatic nitrogens is 2. The molecule has 1 aliphatic heterocycles. The smallest absolute Gasteiger partial charge is 0.282 e. The summed E-state index contributed by atoms with van der Waals surface area (Å²) >= 11 is 0. The highest BCUT2D eigenvalue weighted by molar-refractivity contribution is 5.96. The van der Waals surface area contributed by atoms with Crippen LogP contribution in [0, 0.1) is 11.8 Å². The third-order valence-electron chi connectivity index (χ3n) is 5.56. The van der Waals surface area contributed by atoms with Crippen molar-refractivity contribution in [1.82, 2.24) is 20.2 Å². The van der Waals surface area contributed by atoms with Crippen LogP contribution in [0.2, 0.25) is 0 Å². The maximum absolute atomic E-state index is 13.3. The molecule has 3 fully saturated rings. The number of likely N-dealkylation sites (N-methyl/N-ethyl adjacent to an activating group) is 1. The van der Waals surface area contributed by atoms with Gasteiger partial charge in [0, 0.05) is 14.1 Å². The molecule has 1 atom stereocenters. The van der Waals surface area contributed by atoms with Gasteiger partial charge in [-0.1, -0.05) is 12.8 Å². The largest absolute Gasteiger partial charge is 0.475 e. The zero-order valence-corrected chi connectivity index (χ0v) is 17.2. The maximum Gasteiger partial charge on any atom is 0.282 e. The monoisotopic (exact) mass is 423 g/mol. The van der Waals surface area contributed by atoms with E-state index in [2.05, 4.69) is 15.3 Å². The fourth-order valence-corrected chi connectivity index (χ4v) is 3.38. The number of hydrogen-bond donors (Lipinski definition) is 1. The Balaban J connectivity index is 1.49. The molecule has 8 nitrogen and oxygen atoms in total. The number of carbonyl (C=O) groups is 2. The molecule has 30 heavy (non-hydrogen) atoms. The standard InChI is InChI=1S/C20H27F2N5O3/c1-26(2)19(29)14(7-12-3-4-12)24-17(28)15-8-23-16(27-10-20(21,22)11-27)18(25-15)30-9-13-5-6-13/h8,12-14H,3-7,9-11H2,1-2H3,(H,24,28)/t14-/m0/s1. The highest BCUT2D eigenvalue weighted by Crippen LogP contribution is 2.37. The van der Waals surface area contributed by atoms with Gasteiger partial charge in [0.1, 0.15) is 6.04 Å². The molecule has 0 spiro atoms. The second-order valence-corrected chi connectivity index (χ2v) is 8.79. The molecule has 1 N–H and O–H groups in total. The molecular weight excluding hydrogens is 396 g/mol. The molecule has 0 unspecified atom stereocenters. The molecule has 1 aromatic rings. The van der Waals surface area contributed by atoms with E-state index in [9.17, 15) is 18.4 Å². The van der Waals surface area contributed by atoms with Crippen LogP contribution in [0.25, 0.3) is 0 Å². The van der Waals surface area contributed by atoms with Gasteiger partial charge in [-0.2, -0.15) is 0 Å². The van der Waals surface area contributed by atoms with Gasteiger partial charge in [0.25, 0.3) is 17.7 Å². The van der Waals surface area contributed by atoms with Crippen molar-refractivity contribution in [3.63, 3.8) is 0 Å². The zero-order valence-electron chi connectivity index (χ0n) is 17.2. The van der Waals surface area contributed by atoms with Crippen LogP contribution >= 0.6 is 0 Å². The highest BCUT2D eigenvalue weighted by atomic mass is 19.3. The molecule has 0 aromatic carbocycles. The molecule has 3 aliphatic rings. The number of rotatable bonds is 9. The van der Waals surface area contributed by atoms with Crippen molar-refractivity contribution in [3.05, 3.63) is 11.9 Å². The van der Waals surface area contributed by atoms with Crippen LogP contribution in [0.4, 0.5) is 14.6 Å². The lowest BCUT2D eigenvalue weighted by atomic mass is 10.1. The van der Waals surface area contributed by atoms with Gasteiger partial charge in [-0.15, -0.1) is 0 Å². The van der Waals surface area contributed by atoms with Crippen molar-refractivity contribution in [1.29, 1.82) is 0 Å². The van der Waals surface area contributed by atoms with Gasteiger partial charge in [-0.05, 0) is 31.1 Å². The van der Waals surface area contributed by atoms with Gasteiger partial charge >= 0.3 is 0 Å². The summed E-state index contributed by atoms with van der Waals surface area (Å²) in [5.74, 6) is -2.28. The Morgan fingerprint density at radius 1 is 1.27 bits per heavy atom. The predicted octanol–water partition coefficient (Wildman–Crippen LogP) is 1.71. The van der Waals surface area contributed by atoms with E-state index in [4.69, 9.17) is 4.74 Å². The first-order chi connectivity index (χ1) is 14.2. The quantitative estimate of drug-likeness (QED) is 0.651. The predicted molar refractivity (Wildman–Crippen MR) is 105 cm³/mol. The minimum Gasteiger partial charge on any atom is -0.475 e. The molecule has 4 rings (SSSR count).